The second-order valence-electron chi connectivity index (χ2n) is 7.21. The maximum Gasteiger partial charge on any atom is 0.221 e. The molecule has 3 rings (SSSR count). The molecule has 1 amide bonds. The van der Waals surface area contributed by atoms with Crippen LogP contribution < -0.4 is 10.6 Å². The number of likely N-dealkylation sites (tertiary alicyclic amines) is 1. The lowest BCUT2D eigenvalue weighted by atomic mass is 9.99. The predicted octanol–water partition coefficient (Wildman–Crippen LogP) is 3.64. The van der Waals surface area contributed by atoms with Crippen molar-refractivity contribution in [3.05, 3.63) is 65.7 Å². The number of anilines is 1. The highest BCUT2D eigenvalue weighted by Crippen LogP contribution is 2.26. The number of guanidine groups is 1. The van der Waals surface area contributed by atoms with Crippen LogP contribution in [-0.4, -0.2) is 42.9 Å². The zero-order valence-corrected chi connectivity index (χ0v) is 16.8. The molecule has 1 fully saturated rings. The molecule has 1 atom stereocenters. The Morgan fingerprint density at radius 1 is 1.14 bits per heavy atom. The maximum absolute atomic E-state index is 11.1. The third kappa shape index (κ3) is 5.59. The van der Waals surface area contributed by atoms with Crippen molar-refractivity contribution >= 4 is 17.6 Å². The van der Waals surface area contributed by atoms with E-state index in [0.717, 1.165) is 44.2 Å². The number of benzene rings is 2. The highest BCUT2D eigenvalue weighted by atomic mass is 16.1. The molecule has 1 aliphatic heterocycles. The Hall–Kier alpha value is -2.82. The minimum Gasteiger partial charge on any atom is -0.357 e. The van der Waals surface area contributed by atoms with Gasteiger partial charge in [-0.2, -0.15) is 0 Å². The molecule has 0 radical (unpaired) electrons. The molecule has 0 spiro atoms. The molecule has 1 saturated heterocycles. The average Bonchev–Trinajstić information content (AvgIpc) is 3.19. The summed E-state index contributed by atoms with van der Waals surface area (Å²) in [7, 11) is 0. The molecule has 2 N–H and O–H groups in total. The Kier molecular flexibility index (Phi) is 7.06. The van der Waals surface area contributed by atoms with Crippen LogP contribution in [0.15, 0.2) is 59.6 Å². The van der Waals surface area contributed by atoms with Gasteiger partial charge >= 0.3 is 0 Å². The summed E-state index contributed by atoms with van der Waals surface area (Å²) >= 11 is 0. The minimum absolute atomic E-state index is 0.0490. The lowest BCUT2D eigenvalue weighted by Crippen LogP contribution is -2.40. The van der Waals surface area contributed by atoms with Crippen LogP contribution in [0.25, 0.3) is 0 Å². The molecule has 1 heterocycles. The maximum atomic E-state index is 11.1. The smallest absolute Gasteiger partial charge is 0.221 e. The van der Waals surface area contributed by atoms with Gasteiger partial charge in [0.15, 0.2) is 5.96 Å². The zero-order valence-electron chi connectivity index (χ0n) is 16.8. The van der Waals surface area contributed by atoms with Gasteiger partial charge < -0.3 is 15.5 Å². The van der Waals surface area contributed by atoms with Crippen LogP contribution in [0.2, 0.25) is 0 Å². The summed E-state index contributed by atoms with van der Waals surface area (Å²) in [5.74, 6) is 1.54. The number of nitrogens with zero attached hydrogens (tertiary/aromatic N) is 2. The van der Waals surface area contributed by atoms with Gasteiger partial charge in [-0.3, -0.25) is 9.79 Å². The van der Waals surface area contributed by atoms with E-state index >= 15 is 0 Å². The van der Waals surface area contributed by atoms with Crippen molar-refractivity contribution in [2.45, 2.75) is 32.6 Å². The average molecular weight is 379 g/mol. The van der Waals surface area contributed by atoms with Crippen molar-refractivity contribution in [2.24, 2.45) is 4.99 Å². The van der Waals surface area contributed by atoms with E-state index in [2.05, 4.69) is 64.9 Å². The topological polar surface area (TPSA) is 56.7 Å². The van der Waals surface area contributed by atoms with Crippen LogP contribution in [0.5, 0.6) is 0 Å². The van der Waals surface area contributed by atoms with Crippen LogP contribution in [0.1, 0.15) is 37.3 Å². The normalized spacial score (nSPS) is 16.9. The summed E-state index contributed by atoms with van der Waals surface area (Å²) in [5, 5.41) is 6.24. The van der Waals surface area contributed by atoms with Crippen molar-refractivity contribution in [1.82, 2.24) is 10.2 Å². The fourth-order valence-corrected chi connectivity index (χ4v) is 3.62. The molecule has 2 aromatic carbocycles. The number of carbonyl (C=O) groups excluding carboxylic acids is 1. The monoisotopic (exact) mass is 378 g/mol. The molecule has 2 aromatic rings. The third-order valence-corrected chi connectivity index (χ3v) is 5.03. The van der Waals surface area contributed by atoms with Gasteiger partial charge in [-0.1, -0.05) is 42.5 Å². The number of carbonyl (C=O) groups is 1. The Morgan fingerprint density at radius 2 is 1.89 bits per heavy atom. The fourth-order valence-electron chi connectivity index (χ4n) is 3.62. The van der Waals surface area contributed by atoms with Gasteiger partial charge in [0, 0.05) is 44.7 Å². The highest BCUT2D eigenvalue weighted by molar-refractivity contribution is 5.88. The standard InChI is InChI=1S/C23H30N4O/c1-3-24-23(27-16-14-21(17-27)20-7-5-4-6-8-20)25-15-13-19-9-11-22(12-10-19)26-18(2)28/h4-12,21H,3,13-17H2,1-2H3,(H,24,25)(H,26,28). The van der Waals surface area contributed by atoms with Gasteiger partial charge in [-0.05, 0) is 43.0 Å². The molecule has 5 nitrogen and oxygen atoms in total. The molecule has 1 aliphatic rings. The molecule has 5 heteroatoms. The number of amides is 1. The van der Waals surface area contributed by atoms with Crippen LogP contribution >= 0.6 is 0 Å². The summed E-state index contributed by atoms with van der Waals surface area (Å²) in [6.45, 7) is 7.30. The quantitative estimate of drug-likeness (QED) is 0.596. The summed E-state index contributed by atoms with van der Waals surface area (Å²) in [5.41, 5.74) is 3.47. The third-order valence-electron chi connectivity index (χ3n) is 5.03. The molecule has 0 aromatic heterocycles. The van der Waals surface area contributed by atoms with Crippen molar-refractivity contribution in [3.8, 4) is 0 Å². The Balaban J connectivity index is 1.56. The van der Waals surface area contributed by atoms with E-state index in [1.54, 1.807) is 0 Å². The SMILES string of the molecule is CCNC(=NCCc1ccc(NC(C)=O)cc1)N1CCC(c2ccccc2)C1. The van der Waals surface area contributed by atoms with Crippen molar-refractivity contribution in [1.29, 1.82) is 0 Å². The van der Waals surface area contributed by atoms with E-state index in [1.807, 2.05) is 12.1 Å². The summed E-state index contributed by atoms with van der Waals surface area (Å²) in [4.78, 5) is 18.3. The molecule has 1 unspecified atom stereocenters. The van der Waals surface area contributed by atoms with Crippen molar-refractivity contribution in [3.63, 3.8) is 0 Å². The van der Waals surface area contributed by atoms with E-state index < -0.39 is 0 Å². The number of nitrogens with one attached hydrogen (secondary N) is 2. The minimum atomic E-state index is -0.0490. The first kappa shape index (κ1) is 19.9. The Labute approximate surface area is 167 Å². The molecule has 28 heavy (non-hydrogen) atoms. The van der Waals surface area contributed by atoms with E-state index in [-0.39, 0.29) is 5.91 Å². The number of hydrogen-bond acceptors (Lipinski definition) is 2. The summed E-state index contributed by atoms with van der Waals surface area (Å²) in [6.07, 6.45) is 2.05. The Morgan fingerprint density at radius 3 is 2.57 bits per heavy atom. The molecule has 148 valence electrons. The fraction of sp³-hybridized carbons (Fsp3) is 0.391. The van der Waals surface area contributed by atoms with Crippen LogP contribution in [-0.2, 0) is 11.2 Å². The Bertz CT molecular complexity index is 786. The lowest BCUT2D eigenvalue weighted by molar-refractivity contribution is -0.114. The number of aliphatic imine (C=N–C) groups is 1. The number of rotatable bonds is 6. The van der Waals surface area contributed by atoms with Gasteiger partial charge in [0.25, 0.3) is 0 Å². The van der Waals surface area contributed by atoms with Crippen molar-refractivity contribution < 1.29 is 4.79 Å². The largest absolute Gasteiger partial charge is 0.357 e. The van der Waals surface area contributed by atoms with E-state index in [1.165, 1.54) is 24.5 Å². The number of hydrogen-bond donors (Lipinski definition) is 2. The van der Waals surface area contributed by atoms with Crippen LogP contribution in [0.3, 0.4) is 0 Å². The van der Waals surface area contributed by atoms with Gasteiger partial charge in [-0.15, -0.1) is 0 Å². The van der Waals surface area contributed by atoms with E-state index in [4.69, 9.17) is 4.99 Å². The zero-order chi connectivity index (χ0) is 19.8. The lowest BCUT2D eigenvalue weighted by Gasteiger charge is -2.21. The second kappa shape index (κ2) is 9.93. The first-order valence-electron chi connectivity index (χ1n) is 10.1. The first-order valence-corrected chi connectivity index (χ1v) is 10.1. The van der Waals surface area contributed by atoms with Gasteiger partial charge in [0.2, 0.25) is 5.91 Å². The van der Waals surface area contributed by atoms with Crippen LogP contribution in [0.4, 0.5) is 5.69 Å². The summed E-state index contributed by atoms with van der Waals surface area (Å²) < 4.78 is 0. The van der Waals surface area contributed by atoms with E-state index in [9.17, 15) is 4.79 Å². The van der Waals surface area contributed by atoms with Gasteiger partial charge in [0.05, 0.1) is 0 Å². The second-order valence-corrected chi connectivity index (χ2v) is 7.21. The van der Waals surface area contributed by atoms with Crippen molar-refractivity contribution in [2.75, 3.05) is 31.5 Å². The first-order chi connectivity index (χ1) is 13.7. The molecular weight excluding hydrogens is 348 g/mol. The highest BCUT2D eigenvalue weighted by Gasteiger charge is 2.25. The summed E-state index contributed by atoms with van der Waals surface area (Å²) in [6, 6.07) is 18.7. The molecular formula is C23H30N4O. The molecule has 0 saturated carbocycles. The van der Waals surface area contributed by atoms with Gasteiger partial charge in [0.1, 0.15) is 0 Å². The molecule has 0 aliphatic carbocycles. The van der Waals surface area contributed by atoms with E-state index in [0.29, 0.717) is 5.92 Å². The van der Waals surface area contributed by atoms with Crippen LogP contribution in [0, 0.1) is 0 Å². The molecule has 0 bridgehead atoms. The van der Waals surface area contributed by atoms with Gasteiger partial charge in [-0.25, -0.2) is 0 Å². The predicted molar refractivity (Wildman–Crippen MR) is 116 cm³/mol.